The van der Waals surface area contributed by atoms with Crippen LogP contribution in [0.15, 0.2) is 42.6 Å². The van der Waals surface area contributed by atoms with Gasteiger partial charge in [-0.2, -0.15) is 13.2 Å². The van der Waals surface area contributed by atoms with Crippen LogP contribution in [0.5, 0.6) is 11.6 Å². The second-order valence-electron chi connectivity index (χ2n) is 17.2. The minimum Gasteiger partial charge on any atom is -0.494 e. The van der Waals surface area contributed by atoms with Gasteiger partial charge in [-0.3, -0.25) is 24.0 Å². The molecule has 2 saturated carbocycles. The number of nitrogens with one attached hydrogen (secondary N) is 2. The number of nitrogens with zero attached hydrogens (tertiary/aromatic N) is 3. The van der Waals surface area contributed by atoms with Gasteiger partial charge in [-0.15, -0.1) is 0 Å². The molecule has 14 nitrogen and oxygen atoms in total. The largest absolute Gasteiger partial charge is 0.494 e. The number of amides is 4. The highest BCUT2D eigenvalue weighted by Gasteiger charge is 2.64. The van der Waals surface area contributed by atoms with Crippen molar-refractivity contribution in [3.05, 3.63) is 42.6 Å². The van der Waals surface area contributed by atoms with E-state index in [9.17, 15) is 41.1 Å². The summed E-state index contributed by atoms with van der Waals surface area (Å²) in [5.74, 6) is -3.75. The lowest BCUT2D eigenvalue weighted by atomic mass is 9.82. The molecule has 4 aliphatic rings. The maximum Gasteiger partial charge on any atom is 0.411 e. The van der Waals surface area contributed by atoms with Crippen LogP contribution in [-0.4, -0.2) is 105 Å². The van der Waals surface area contributed by atoms with Gasteiger partial charge in [0.05, 0.1) is 17.9 Å². The van der Waals surface area contributed by atoms with Gasteiger partial charge in [0.1, 0.15) is 35.0 Å². The summed E-state index contributed by atoms with van der Waals surface area (Å²) >= 11 is 0. The van der Waals surface area contributed by atoms with E-state index in [1.165, 1.54) is 13.1 Å². The number of carboxylic acid groups (broad SMARTS) is 1. The minimum atomic E-state index is -5.09. The van der Waals surface area contributed by atoms with E-state index in [0.717, 1.165) is 4.90 Å². The van der Waals surface area contributed by atoms with E-state index in [4.69, 9.17) is 9.47 Å². The Kier molecular flexibility index (Phi) is 12.0. The fraction of sp³-hybridized carbons (Fsp3) is 0.634. The predicted octanol–water partition coefficient (Wildman–Crippen LogP) is 5.95. The summed E-state index contributed by atoms with van der Waals surface area (Å²) in [7, 11) is -4.12. The quantitative estimate of drug-likeness (QED) is 0.242. The normalized spacial score (nSPS) is 28.7. The van der Waals surface area contributed by atoms with Crippen LogP contribution < -0.4 is 19.5 Å². The number of allylic oxidation sites excluding steroid dienone is 1. The zero-order valence-electron chi connectivity index (χ0n) is 34.2. The van der Waals surface area contributed by atoms with Gasteiger partial charge in [0.2, 0.25) is 27.7 Å². The Morgan fingerprint density at radius 1 is 1.14 bits per heavy atom. The minimum absolute atomic E-state index is 0.0558. The van der Waals surface area contributed by atoms with Crippen LogP contribution in [0, 0.1) is 17.8 Å². The Labute approximate surface area is 342 Å². The van der Waals surface area contributed by atoms with Crippen molar-refractivity contribution in [3.8, 4) is 11.6 Å². The SMILES string of the molecule is CCOc1ccc2c(O[C@@H]3C[C@H]4C(=O)N[C@]5(C(=O)NS(=O)(=O)C6(C)CC6)C[C@H]5C=CCC[C@H](C)C[C@@H](CC)[C@H](N(C(=O)O)C(C)(C)C(F)(F)F)C(=O)N4C3)nccc2c1. The van der Waals surface area contributed by atoms with Crippen molar-refractivity contribution in [1.82, 2.24) is 24.8 Å². The molecule has 4 amide bonds. The number of pyridine rings is 1. The molecule has 2 aromatic rings. The van der Waals surface area contributed by atoms with Gasteiger partial charge in [0.25, 0.3) is 5.91 Å². The Morgan fingerprint density at radius 3 is 2.47 bits per heavy atom. The molecule has 6 rings (SSSR count). The van der Waals surface area contributed by atoms with E-state index >= 15 is 4.79 Å². The van der Waals surface area contributed by atoms with E-state index in [1.807, 2.05) is 19.9 Å². The molecule has 7 atom stereocenters. The molecule has 0 unspecified atom stereocenters. The van der Waals surface area contributed by atoms with E-state index in [1.54, 1.807) is 37.3 Å². The maximum atomic E-state index is 15.1. The van der Waals surface area contributed by atoms with Gasteiger partial charge in [-0.05, 0) is 108 Å². The van der Waals surface area contributed by atoms with Crippen LogP contribution in [0.4, 0.5) is 18.0 Å². The Balaban J connectivity index is 1.43. The number of carbonyl (C=O) groups excluding carboxylic acids is 3. The number of aromatic nitrogens is 1. The molecule has 3 heterocycles. The van der Waals surface area contributed by atoms with Crippen molar-refractivity contribution in [3.63, 3.8) is 0 Å². The molecular formula is C41H54F3N5O9S. The molecule has 2 aliphatic carbocycles. The van der Waals surface area contributed by atoms with E-state index in [-0.39, 0.29) is 48.9 Å². The van der Waals surface area contributed by atoms with E-state index < -0.39 is 85.9 Å². The van der Waals surface area contributed by atoms with Crippen LogP contribution in [0.1, 0.15) is 92.9 Å². The summed E-state index contributed by atoms with van der Waals surface area (Å²) in [6, 6.07) is 3.65. The third-order valence-corrected chi connectivity index (χ3v) is 14.8. The van der Waals surface area contributed by atoms with Gasteiger partial charge < -0.3 is 24.8 Å². The fourth-order valence-corrected chi connectivity index (χ4v) is 9.72. The fourth-order valence-electron chi connectivity index (χ4n) is 8.41. The molecule has 0 radical (unpaired) electrons. The molecule has 3 N–H and O–H groups in total. The average molecular weight is 850 g/mol. The third kappa shape index (κ3) is 8.55. The molecule has 0 bridgehead atoms. The number of ether oxygens (including phenoxy) is 2. The second-order valence-corrected chi connectivity index (χ2v) is 19.4. The molecule has 18 heteroatoms. The van der Waals surface area contributed by atoms with E-state index in [0.29, 0.717) is 62.7 Å². The molecular weight excluding hydrogens is 796 g/mol. The molecule has 1 aromatic carbocycles. The highest BCUT2D eigenvalue weighted by molar-refractivity contribution is 7.91. The highest BCUT2D eigenvalue weighted by Crippen LogP contribution is 2.48. The van der Waals surface area contributed by atoms with Gasteiger partial charge in [0, 0.05) is 23.9 Å². The lowest BCUT2D eigenvalue weighted by Gasteiger charge is -2.46. The molecule has 1 saturated heterocycles. The predicted molar refractivity (Wildman–Crippen MR) is 211 cm³/mol. The zero-order valence-corrected chi connectivity index (χ0v) is 35.0. The van der Waals surface area contributed by atoms with Gasteiger partial charge in [-0.25, -0.2) is 18.2 Å². The van der Waals surface area contributed by atoms with Crippen LogP contribution in [0.3, 0.4) is 0 Å². The van der Waals surface area contributed by atoms with Crippen LogP contribution in [0.2, 0.25) is 0 Å². The Morgan fingerprint density at radius 2 is 1.85 bits per heavy atom. The summed E-state index contributed by atoms with van der Waals surface area (Å²) in [5.41, 5.74) is -4.74. The number of alkyl halides is 3. The first kappa shape index (κ1) is 44.0. The Bertz CT molecular complexity index is 2110. The summed E-state index contributed by atoms with van der Waals surface area (Å²) in [6.07, 6.45) is -1.07. The van der Waals surface area contributed by atoms with Crippen LogP contribution in [-0.2, 0) is 24.4 Å². The number of halogens is 3. The number of benzene rings is 1. The maximum absolute atomic E-state index is 15.1. The number of fused-ring (bicyclic) bond motifs is 3. The summed E-state index contributed by atoms with van der Waals surface area (Å²) in [4.78, 5) is 62.4. The number of carbonyl (C=O) groups is 4. The van der Waals surface area contributed by atoms with E-state index in [2.05, 4.69) is 15.0 Å². The third-order valence-electron chi connectivity index (χ3n) is 12.6. The first-order chi connectivity index (χ1) is 27.6. The number of sulfonamides is 1. The van der Waals surface area contributed by atoms with Crippen molar-refractivity contribution < 1.29 is 55.3 Å². The molecule has 324 valence electrons. The molecule has 3 fully saturated rings. The zero-order chi connectivity index (χ0) is 43.3. The summed E-state index contributed by atoms with van der Waals surface area (Å²) in [5, 5.41) is 14.6. The Hall–Kier alpha value is -4.61. The lowest BCUT2D eigenvalue weighted by Crippen LogP contribution is -2.66. The lowest BCUT2D eigenvalue weighted by molar-refractivity contribution is -0.222. The van der Waals surface area contributed by atoms with Crippen molar-refractivity contribution in [1.29, 1.82) is 0 Å². The van der Waals surface area contributed by atoms with Crippen molar-refractivity contribution >= 4 is 44.6 Å². The van der Waals surface area contributed by atoms with Crippen molar-refractivity contribution in [2.45, 2.75) is 133 Å². The standard InChI is InChI=1S/C41H54F3N5O9S/c1-7-25-19-24(3)11-9-10-12-27-22-40(27,36(52)47-59(55,56)39(6)16-17-39)46-33(50)31-21-29(58-34-30-14-13-28(57-8-2)20-26(30)15-18-45-34)23-48(31)35(51)32(25)49(37(53)54)38(4,5)41(42,43)44/h10,12-15,18,20,24-25,27,29,31-32H,7-9,11,16-17,19,21-23H2,1-6H3,(H,46,50)(H,47,52)(H,53,54)/t24-,25+,27+,29+,31-,32-,40+/m0/s1. The molecule has 2 aliphatic heterocycles. The molecule has 59 heavy (non-hydrogen) atoms. The van der Waals surface area contributed by atoms with Crippen LogP contribution >= 0.6 is 0 Å². The smallest absolute Gasteiger partial charge is 0.411 e. The van der Waals surface area contributed by atoms with Gasteiger partial charge in [-0.1, -0.05) is 32.4 Å². The highest BCUT2D eigenvalue weighted by atomic mass is 32.2. The first-order valence-electron chi connectivity index (χ1n) is 20.2. The first-order valence-corrected chi connectivity index (χ1v) is 21.7. The molecule has 0 spiro atoms. The number of hydrogen-bond donors (Lipinski definition) is 3. The van der Waals surface area contributed by atoms with Crippen molar-refractivity contribution in [2.24, 2.45) is 17.8 Å². The monoisotopic (exact) mass is 849 g/mol. The van der Waals surface area contributed by atoms with Crippen LogP contribution in [0.25, 0.3) is 10.8 Å². The summed E-state index contributed by atoms with van der Waals surface area (Å²) in [6.45, 7) is 8.43. The second kappa shape index (κ2) is 16.1. The van der Waals surface area contributed by atoms with Gasteiger partial charge >= 0.3 is 12.3 Å². The average Bonchev–Trinajstić information content (AvgIpc) is 4.03. The molecule has 1 aromatic heterocycles. The number of hydrogen-bond acceptors (Lipinski definition) is 9. The number of rotatable bonds is 10. The van der Waals surface area contributed by atoms with Crippen molar-refractivity contribution in [2.75, 3.05) is 13.2 Å². The summed E-state index contributed by atoms with van der Waals surface area (Å²) < 4.78 is 83.9. The van der Waals surface area contributed by atoms with Gasteiger partial charge in [0.15, 0.2) is 0 Å². The topological polar surface area (TPSA) is 185 Å².